The van der Waals surface area contributed by atoms with Crippen LogP contribution in [0.15, 0.2) is 52.0 Å². The fourth-order valence-electron chi connectivity index (χ4n) is 2.92. The second-order valence-electron chi connectivity index (χ2n) is 6.56. The lowest BCUT2D eigenvalue weighted by Gasteiger charge is -2.22. The molecule has 1 fully saturated rings. The third-order valence-corrected chi connectivity index (χ3v) is 7.55. The Morgan fingerprint density at radius 2 is 1.89 bits per heavy atom. The lowest BCUT2D eigenvalue weighted by Crippen LogP contribution is -2.34. The summed E-state index contributed by atoms with van der Waals surface area (Å²) in [5, 5.41) is 0. The Balaban J connectivity index is 1.76. The average molecular weight is 428 g/mol. The van der Waals surface area contributed by atoms with Crippen molar-refractivity contribution in [2.45, 2.75) is 17.4 Å². The van der Waals surface area contributed by atoms with Gasteiger partial charge in [-0.2, -0.15) is 0 Å². The van der Waals surface area contributed by atoms with Crippen molar-refractivity contribution in [2.24, 2.45) is 0 Å². The first kappa shape index (κ1) is 20.5. The van der Waals surface area contributed by atoms with Crippen molar-refractivity contribution in [2.75, 3.05) is 30.7 Å². The molecule has 1 aliphatic rings. The van der Waals surface area contributed by atoms with E-state index in [0.717, 1.165) is 4.31 Å². The van der Waals surface area contributed by atoms with Crippen molar-refractivity contribution in [3.8, 4) is 0 Å². The molecule has 0 bridgehead atoms. The van der Waals surface area contributed by atoms with Crippen LogP contribution in [0.4, 0.5) is 5.69 Å². The number of amides is 1. The Hall–Kier alpha value is -2.21. The maximum Gasteiger partial charge on any atom is 0.242 e. The Morgan fingerprint density at radius 3 is 2.39 bits per heavy atom. The second-order valence-corrected chi connectivity index (χ2v) is 10.3. The van der Waals surface area contributed by atoms with Crippen LogP contribution in [-0.4, -0.2) is 54.0 Å². The molecule has 9 nitrogen and oxygen atoms in total. The number of carbonyl (C=O) groups is 1. The van der Waals surface area contributed by atoms with Gasteiger partial charge in [0.25, 0.3) is 0 Å². The number of nitrogens with one attached hydrogen (secondary N) is 1. The molecule has 1 aromatic carbocycles. The Kier molecular flexibility index (Phi) is 5.62. The number of hydrogen-bond acceptors (Lipinski definition) is 7. The SMILES string of the molecule is CN(C)[C@H](CNS(=O)(=O)c1ccc(N2C(=O)CCS2(=O)=O)cc1)c1ccco1. The van der Waals surface area contributed by atoms with Crippen molar-refractivity contribution in [3.05, 3.63) is 48.4 Å². The van der Waals surface area contributed by atoms with Crippen LogP contribution >= 0.6 is 0 Å². The molecule has 152 valence electrons. The third kappa shape index (κ3) is 4.12. The van der Waals surface area contributed by atoms with E-state index in [4.69, 9.17) is 4.42 Å². The van der Waals surface area contributed by atoms with Crippen LogP contribution in [0.2, 0.25) is 0 Å². The van der Waals surface area contributed by atoms with Crippen LogP contribution in [0, 0.1) is 0 Å². The van der Waals surface area contributed by atoms with Crippen LogP contribution in [0.3, 0.4) is 0 Å². The molecule has 0 unspecified atom stereocenters. The first-order chi connectivity index (χ1) is 13.1. The van der Waals surface area contributed by atoms with Crippen LogP contribution in [0.5, 0.6) is 0 Å². The maximum absolute atomic E-state index is 12.6. The summed E-state index contributed by atoms with van der Waals surface area (Å²) in [6, 6.07) is 8.37. The lowest BCUT2D eigenvalue weighted by atomic mass is 10.2. The number of sulfonamides is 2. The molecule has 11 heteroatoms. The molecule has 0 radical (unpaired) electrons. The van der Waals surface area contributed by atoms with E-state index in [9.17, 15) is 21.6 Å². The van der Waals surface area contributed by atoms with Gasteiger partial charge in [-0.05, 0) is 50.5 Å². The number of furan rings is 1. The van der Waals surface area contributed by atoms with Crippen molar-refractivity contribution in [1.29, 1.82) is 0 Å². The molecular weight excluding hydrogens is 406 g/mol. The molecule has 28 heavy (non-hydrogen) atoms. The Morgan fingerprint density at radius 1 is 1.21 bits per heavy atom. The molecule has 2 heterocycles. The van der Waals surface area contributed by atoms with Crippen LogP contribution < -0.4 is 9.03 Å². The number of carbonyl (C=O) groups excluding carboxylic acids is 1. The zero-order valence-electron chi connectivity index (χ0n) is 15.4. The van der Waals surface area contributed by atoms with E-state index in [1.807, 2.05) is 19.0 Å². The standard InChI is InChI=1S/C17H21N3O6S2/c1-19(2)15(16-4-3-10-26-16)12-18-28(24,25)14-7-5-13(6-8-14)20-17(21)9-11-27(20,22)23/h3-8,10,15,18H,9,11-12H2,1-2H3/t15-/m1/s1. The summed E-state index contributed by atoms with van der Waals surface area (Å²) in [5.74, 6) is -0.145. The third-order valence-electron chi connectivity index (χ3n) is 4.42. The molecule has 1 atom stereocenters. The molecule has 1 saturated heterocycles. The molecule has 1 aliphatic heterocycles. The Bertz CT molecular complexity index is 1040. The van der Waals surface area contributed by atoms with Crippen molar-refractivity contribution in [3.63, 3.8) is 0 Å². The number of benzene rings is 1. The maximum atomic E-state index is 12.6. The molecule has 1 N–H and O–H groups in total. The normalized spacial score (nSPS) is 18.0. The summed E-state index contributed by atoms with van der Waals surface area (Å²) in [5.41, 5.74) is 0.128. The summed E-state index contributed by atoms with van der Waals surface area (Å²) < 4.78 is 57.7. The molecular formula is C17H21N3O6S2. The summed E-state index contributed by atoms with van der Waals surface area (Å²) >= 11 is 0. The van der Waals surface area contributed by atoms with Gasteiger partial charge in [0.1, 0.15) is 5.76 Å². The van der Waals surface area contributed by atoms with Crippen LogP contribution in [-0.2, 0) is 24.8 Å². The molecule has 0 saturated carbocycles. The predicted molar refractivity (Wildman–Crippen MR) is 103 cm³/mol. The van der Waals surface area contributed by atoms with E-state index >= 15 is 0 Å². The van der Waals surface area contributed by atoms with E-state index in [1.165, 1.54) is 30.5 Å². The highest BCUT2D eigenvalue weighted by molar-refractivity contribution is 7.94. The van der Waals surface area contributed by atoms with Gasteiger partial charge in [-0.25, -0.2) is 25.9 Å². The van der Waals surface area contributed by atoms with Gasteiger partial charge in [-0.3, -0.25) is 9.69 Å². The minimum absolute atomic E-state index is 0.0303. The van der Waals surface area contributed by atoms with E-state index in [2.05, 4.69) is 4.72 Å². The monoisotopic (exact) mass is 427 g/mol. The first-order valence-corrected chi connectivity index (χ1v) is 11.6. The highest BCUT2D eigenvalue weighted by atomic mass is 32.2. The fourth-order valence-corrected chi connectivity index (χ4v) is 5.42. The quantitative estimate of drug-likeness (QED) is 0.698. The summed E-state index contributed by atoms with van der Waals surface area (Å²) in [6.07, 6.45) is 1.44. The zero-order chi connectivity index (χ0) is 20.5. The fraction of sp³-hybridized carbons (Fsp3) is 0.353. The summed E-state index contributed by atoms with van der Waals surface area (Å²) in [7, 11) is -3.91. The molecule has 2 aromatic rings. The topological polar surface area (TPSA) is 117 Å². The molecule has 0 spiro atoms. The highest BCUT2D eigenvalue weighted by Crippen LogP contribution is 2.26. The lowest BCUT2D eigenvalue weighted by molar-refractivity contribution is -0.116. The second kappa shape index (κ2) is 7.66. The number of hydrogen-bond donors (Lipinski definition) is 1. The molecule has 3 rings (SSSR count). The van der Waals surface area contributed by atoms with E-state index in [1.54, 1.807) is 12.1 Å². The Labute approximate surface area is 164 Å². The predicted octanol–water partition coefficient (Wildman–Crippen LogP) is 0.927. The van der Waals surface area contributed by atoms with Crippen molar-refractivity contribution < 1.29 is 26.0 Å². The summed E-state index contributed by atoms with van der Waals surface area (Å²) in [6.45, 7) is 0.0869. The smallest absolute Gasteiger partial charge is 0.242 e. The van der Waals surface area contributed by atoms with Crippen LogP contribution in [0.25, 0.3) is 0 Å². The van der Waals surface area contributed by atoms with E-state index in [-0.39, 0.29) is 35.3 Å². The first-order valence-electron chi connectivity index (χ1n) is 8.47. The van der Waals surface area contributed by atoms with Gasteiger partial charge >= 0.3 is 0 Å². The van der Waals surface area contributed by atoms with Crippen molar-refractivity contribution >= 4 is 31.6 Å². The number of rotatable bonds is 7. The number of nitrogens with zero attached hydrogens (tertiary/aromatic N) is 2. The van der Waals surface area contributed by atoms with Crippen molar-refractivity contribution in [1.82, 2.24) is 9.62 Å². The minimum atomic E-state index is -3.83. The van der Waals surface area contributed by atoms with E-state index < -0.39 is 26.0 Å². The van der Waals surface area contributed by atoms with Gasteiger partial charge in [-0.15, -0.1) is 0 Å². The largest absolute Gasteiger partial charge is 0.468 e. The van der Waals surface area contributed by atoms with Gasteiger partial charge in [0.15, 0.2) is 0 Å². The summed E-state index contributed by atoms with van der Waals surface area (Å²) in [4.78, 5) is 13.6. The van der Waals surface area contributed by atoms with E-state index in [0.29, 0.717) is 5.76 Å². The van der Waals surface area contributed by atoms with Gasteiger partial charge < -0.3 is 4.42 Å². The zero-order valence-corrected chi connectivity index (χ0v) is 17.0. The number of anilines is 1. The van der Waals surface area contributed by atoms with Gasteiger partial charge in [0.2, 0.25) is 26.0 Å². The average Bonchev–Trinajstić information content (AvgIpc) is 3.23. The number of likely N-dealkylation sites (N-methyl/N-ethyl adjacent to an activating group) is 1. The van der Waals surface area contributed by atoms with Gasteiger partial charge in [0, 0.05) is 13.0 Å². The van der Waals surface area contributed by atoms with Gasteiger partial charge in [-0.1, -0.05) is 0 Å². The minimum Gasteiger partial charge on any atom is -0.468 e. The molecule has 1 amide bonds. The highest BCUT2D eigenvalue weighted by Gasteiger charge is 2.36. The van der Waals surface area contributed by atoms with Gasteiger partial charge in [0.05, 0.1) is 28.6 Å². The molecule has 1 aromatic heterocycles. The molecule has 0 aliphatic carbocycles. The van der Waals surface area contributed by atoms with Crippen LogP contribution in [0.1, 0.15) is 18.2 Å².